The molecule has 0 bridgehead atoms. The maximum atomic E-state index is 2.28. The Labute approximate surface area is 168 Å². The van der Waals surface area contributed by atoms with Crippen LogP contribution in [0, 0.1) is 53.3 Å². The maximum absolute atomic E-state index is 2.28. The van der Waals surface area contributed by atoms with Crippen molar-refractivity contribution in [2.75, 3.05) is 0 Å². The molecule has 0 aromatic rings. The van der Waals surface area contributed by atoms with Gasteiger partial charge >= 0.3 is 0 Å². The molecule has 0 saturated heterocycles. The summed E-state index contributed by atoms with van der Waals surface area (Å²) >= 11 is 0. The summed E-state index contributed by atoms with van der Waals surface area (Å²) in [6.45, 7) is 6.74. The summed E-state index contributed by atoms with van der Waals surface area (Å²) in [6.07, 6.45) is 15.3. The van der Waals surface area contributed by atoms with E-state index in [0.717, 1.165) is 5.92 Å². The second-order valence-electron chi connectivity index (χ2n) is 9.89. The highest BCUT2D eigenvalue weighted by Gasteiger charge is 2.53. The van der Waals surface area contributed by atoms with E-state index in [4.69, 9.17) is 0 Å². The van der Waals surface area contributed by atoms with Crippen LogP contribution in [0.1, 0.15) is 115 Å². The summed E-state index contributed by atoms with van der Waals surface area (Å²) in [5, 5.41) is 0. The van der Waals surface area contributed by atoms with Crippen LogP contribution in [0.15, 0.2) is 0 Å². The molecule has 0 heterocycles. The van der Waals surface area contributed by atoms with E-state index in [-0.39, 0.29) is 29.7 Å². The molecule has 0 unspecified atom stereocenters. The molecular formula is C26H54. The molecule has 0 N–H and O–H groups in total. The zero-order chi connectivity index (χ0) is 15.3. The quantitative estimate of drug-likeness (QED) is 0.457. The third kappa shape index (κ3) is 9.80. The first-order valence-corrected chi connectivity index (χ1v) is 10.7. The Balaban J connectivity index is 0.000000290. The van der Waals surface area contributed by atoms with Crippen LogP contribution in [0.25, 0.3) is 0 Å². The van der Waals surface area contributed by atoms with Crippen LogP contribution in [0.2, 0.25) is 0 Å². The first kappa shape index (κ1) is 26.0. The van der Waals surface area contributed by atoms with Gasteiger partial charge in [-0.15, -0.1) is 0 Å². The largest absolute Gasteiger partial charge is 0.0776 e. The van der Waals surface area contributed by atoms with Crippen molar-refractivity contribution in [3.05, 3.63) is 0 Å². The summed E-state index contributed by atoms with van der Waals surface area (Å²) in [4.78, 5) is 0. The summed E-state index contributed by atoms with van der Waals surface area (Å²) in [5.41, 5.74) is 0. The van der Waals surface area contributed by atoms with Gasteiger partial charge in [0, 0.05) is 0 Å². The van der Waals surface area contributed by atoms with Crippen LogP contribution >= 0.6 is 0 Å². The van der Waals surface area contributed by atoms with Gasteiger partial charge in [0.25, 0.3) is 0 Å². The van der Waals surface area contributed by atoms with Gasteiger partial charge < -0.3 is 0 Å². The third-order valence-electron chi connectivity index (χ3n) is 7.28. The summed E-state index contributed by atoms with van der Waals surface area (Å²) in [5.74, 6) is 10.9. The summed E-state index contributed by atoms with van der Waals surface area (Å²) in [7, 11) is 0. The van der Waals surface area contributed by atoms with Crippen molar-refractivity contribution in [3.8, 4) is 0 Å². The molecule has 26 heavy (non-hydrogen) atoms. The van der Waals surface area contributed by atoms with Gasteiger partial charge in [-0.3, -0.25) is 0 Å². The van der Waals surface area contributed by atoms with Crippen LogP contribution in [0.5, 0.6) is 0 Å². The highest BCUT2D eigenvalue weighted by molar-refractivity contribution is 5.03. The molecule has 0 aromatic carbocycles. The second-order valence-corrected chi connectivity index (χ2v) is 9.89. The third-order valence-corrected chi connectivity index (χ3v) is 7.28. The van der Waals surface area contributed by atoms with Gasteiger partial charge in [-0.1, -0.05) is 63.3 Å². The van der Waals surface area contributed by atoms with E-state index in [1.165, 1.54) is 60.2 Å². The van der Waals surface area contributed by atoms with Crippen molar-refractivity contribution in [1.82, 2.24) is 0 Å². The maximum Gasteiger partial charge on any atom is -0.0380 e. The van der Waals surface area contributed by atoms with Crippen LogP contribution in [0.4, 0.5) is 0 Å². The molecule has 0 amide bonds. The lowest BCUT2D eigenvalue weighted by Gasteiger charge is -1.98. The second kappa shape index (κ2) is 10.5. The zero-order valence-corrected chi connectivity index (χ0v) is 15.3. The van der Waals surface area contributed by atoms with Gasteiger partial charge in [0.05, 0.1) is 0 Å². The van der Waals surface area contributed by atoms with Crippen LogP contribution in [-0.4, -0.2) is 0 Å². The van der Waals surface area contributed by atoms with Gasteiger partial charge in [0.1, 0.15) is 0 Å². The Hall–Kier alpha value is 0. The van der Waals surface area contributed by atoms with Crippen molar-refractivity contribution in [3.63, 3.8) is 0 Å². The molecular weight excluding hydrogens is 312 g/mol. The van der Waals surface area contributed by atoms with Gasteiger partial charge in [0.2, 0.25) is 0 Å². The summed E-state index contributed by atoms with van der Waals surface area (Å²) < 4.78 is 0. The Bertz CT molecular complexity index is 269. The van der Waals surface area contributed by atoms with E-state index >= 15 is 0 Å². The number of hydrogen-bond donors (Lipinski definition) is 0. The number of fused-ring (bicyclic) bond motifs is 4. The van der Waals surface area contributed by atoms with Crippen molar-refractivity contribution in [1.29, 1.82) is 0 Å². The average Bonchev–Trinajstić information content (AvgIpc) is 3.17. The van der Waals surface area contributed by atoms with Crippen molar-refractivity contribution < 1.29 is 0 Å². The van der Waals surface area contributed by atoms with E-state index in [9.17, 15) is 0 Å². The number of hydrogen-bond acceptors (Lipinski definition) is 0. The van der Waals surface area contributed by atoms with Gasteiger partial charge in [-0.25, -0.2) is 0 Å². The average molecular weight is 367 g/mol. The van der Waals surface area contributed by atoms with E-state index in [2.05, 4.69) is 20.8 Å². The van der Waals surface area contributed by atoms with Crippen LogP contribution in [0.3, 0.4) is 0 Å². The molecule has 8 rings (SSSR count). The van der Waals surface area contributed by atoms with E-state index in [0.29, 0.717) is 0 Å². The van der Waals surface area contributed by atoms with Crippen molar-refractivity contribution in [2.45, 2.75) is 115 Å². The topological polar surface area (TPSA) is 0 Å². The predicted molar refractivity (Wildman–Crippen MR) is 122 cm³/mol. The van der Waals surface area contributed by atoms with Crippen molar-refractivity contribution >= 4 is 0 Å². The normalized spacial score (nSPS) is 42.9. The molecule has 0 heteroatoms. The van der Waals surface area contributed by atoms with Gasteiger partial charge in [-0.05, 0) is 105 Å². The minimum Gasteiger partial charge on any atom is -0.0776 e. The fraction of sp³-hybridized carbons (Fsp3) is 1.00. The Morgan fingerprint density at radius 1 is 0.462 bits per heavy atom. The standard InChI is InChI=1S/C6H14.4C4H6.4CH4/c1-4-6(3)5-2;4*1-3-2-4(1)3;;;;/h6H,4-5H2,1-3H3;4*3-4H,1-2H2;4*1H4. The molecule has 0 aliphatic heterocycles. The molecule has 8 aliphatic carbocycles. The lowest BCUT2D eigenvalue weighted by atomic mass is 10.1. The molecule has 0 radical (unpaired) electrons. The Kier molecular flexibility index (Phi) is 10.5. The van der Waals surface area contributed by atoms with E-state index in [1.54, 1.807) is 51.4 Å². The lowest BCUT2D eigenvalue weighted by molar-refractivity contribution is 0.544. The molecule has 8 aliphatic rings. The fourth-order valence-corrected chi connectivity index (χ4v) is 2.49. The van der Waals surface area contributed by atoms with Crippen molar-refractivity contribution in [2.24, 2.45) is 53.3 Å². The lowest BCUT2D eigenvalue weighted by Crippen LogP contribution is -1.85. The molecule has 8 saturated carbocycles. The van der Waals surface area contributed by atoms with Crippen LogP contribution < -0.4 is 0 Å². The smallest absolute Gasteiger partial charge is 0.0380 e. The Morgan fingerprint density at radius 2 is 0.577 bits per heavy atom. The van der Waals surface area contributed by atoms with Gasteiger partial charge in [0.15, 0.2) is 0 Å². The number of rotatable bonds is 2. The SMILES string of the molecule is C.C.C.C.C1C2CC12.C1C2CC12.C1C2CC12.C1C2CC12.CCC(C)CC. The molecule has 0 nitrogen and oxygen atoms in total. The van der Waals surface area contributed by atoms with Crippen LogP contribution in [-0.2, 0) is 0 Å². The van der Waals surface area contributed by atoms with Gasteiger partial charge in [-0.2, -0.15) is 0 Å². The minimum absolute atomic E-state index is 0. The predicted octanol–water partition coefficient (Wildman–Crippen LogP) is 9.09. The first-order chi connectivity index (χ1) is 10.7. The molecule has 158 valence electrons. The highest BCUT2D eigenvalue weighted by Crippen LogP contribution is 2.63. The zero-order valence-electron chi connectivity index (χ0n) is 15.3. The Morgan fingerprint density at radius 3 is 0.577 bits per heavy atom. The minimum atomic E-state index is 0. The molecule has 0 spiro atoms. The fourth-order valence-electron chi connectivity index (χ4n) is 2.49. The van der Waals surface area contributed by atoms with E-state index in [1.807, 2.05) is 0 Å². The molecule has 8 fully saturated rings. The van der Waals surface area contributed by atoms with E-state index < -0.39 is 0 Å². The first-order valence-electron chi connectivity index (χ1n) is 10.7. The highest BCUT2D eigenvalue weighted by atomic mass is 14.6. The molecule has 0 atom stereocenters. The summed E-state index contributed by atoms with van der Waals surface area (Å²) in [6, 6.07) is 0. The molecule has 0 aromatic heterocycles. The monoisotopic (exact) mass is 366 g/mol.